The molecule has 0 bridgehead atoms. The van der Waals surface area contributed by atoms with Gasteiger partial charge in [-0.15, -0.1) is 0 Å². The van der Waals surface area contributed by atoms with Gasteiger partial charge in [-0.2, -0.15) is 0 Å². The maximum absolute atomic E-state index is 12.5. The van der Waals surface area contributed by atoms with E-state index in [0.717, 1.165) is 17.8 Å². The van der Waals surface area contributed by atoms with Crippen LogP contribution in [0.1, 0.15) is 25.1 Å². The second-order valence-corrected chi connectivity index (χ2v) is 6.31. The molecule has 0 N–H and O–H groups in total. The van der Waals surface area contributed by atoms with Crippen molar-refractivity contribution >= 4 is 5.91 Å². The van der Waals surface area contributed by atoms with E-state index in [2.05, 4.69) is 21.8 Å². The van der Waals surface area contributed by atoms with Gasteiger partial charge in [0.2, 0.25) is 5.91 Å². The van der Waals surface area contributed by atoms with Gasteiger partial charge in [0, 0.05) is 36.7 Å². The lowest BCUT2D eigenvalue weighted by Crippen LogP contribution is -2.39. The largest absolute Gasteiger partial charge is 0.370 e. The van der Waals surface area contributed by atoms with Crippen LogP contribution in [-0.2, 0) is 29.2 Å². The van der Waals surface area contributed by atoms with Crippen molar-refractivity contribution in [2.75, 3.05) is 6.54 Å². The number of rotatable bonds is 4. The quantitative estimate of drug-likeness (QED) is 0.871. The minimum absolute atomic E-state index is 0.00244. The van der Waals surface area contributed by atoms with E-state index in [1.165, 1.54) is 0 Å². The zero-order valence-electron chi connectivity index (χ0n) is 13.7. The number of carbonyl (C=O) groups is 1. The monoisotopic (exact) mass is 313 g/mol. The summed E-state index contributed by atoms with van der Waals surface area (Å²) < 4.78 is 8.28. The lowest BCUT2D eigenvalue weighted by atomic mass is 10.1. The first-order valence-electron chi connectivity index (χ1n) is 8.07. The first-order chi connectivity index (χ1) is 11.1. The van der Waals surface area contributed by atoms with Crippen LogP contribution in [0, 0.1) is 5.92 Å². The molecule has 0 aromatic carbocycles. The van der Waals surface area contributed by atoms with Gasteiger partial charge in [-0.25, -0.2) is 0 Å². The van der Waals surface area contributed by atoms with E-state index < -0.39 is 0 Å². The summed E-state index contributed by atoms with van der Waals surface area (Å²) in [5, 5.41) is 0. The number of nitrogens with zero attached hydrogens (tertiary/aromatic N) is 3. The van der Waals surface area contributed by atoms with E-state index in [1.54, 1.807) is 12.4 Å². The first-order valence-corrected chi connectivity index (χ1v) is 8.07. The van der Waals surface area contributed by atoms with E-state index in [1.807, 2.05) is 36.9 Å². The van der Waals surface area contributed by atoms with Crippen molar-refractivity contribution in [1.82, 2.24) is 14.5 Å². The Labute approximate surface area is 136 Å². The van der Waals surface area contributed by atoms with E-state index in [0.29, 0.717) is 19.7 Å². The molecule has 0 saturated carbocycles. The van der Waals surface area contributed by atoms with Crippen LogP contribution in [0.4, 0.5) is 0 Å². The van der Waals surface area contributed by atoms with Crippen molar-refractivity contribution in [3.63, 3.8) is 0 Å². The fourth-order valence-corrected chi connectivity index (χ4v) is 2.89. The Morgan fingerprint density at radius 2 is 2.09 bits per heavy atom. The van der Waals surface area contributed by atoms with E-state index in [4.69, 9.17) is 4.74 Å². The van der Waals surface area contributed by atoms with Gasteiger partial charge in [-0.1, -0.05) is 13.8 Å². The molecule has 0 fully saturated rings. The van der Waals surface area contributed by atoms with Crippen LogP contribution in [0.5, 0.6) is 0 Å². The minimum atomic E-state index is -0.0143. The van der Waals surface area contributed by atoms with Crippen LogP contribution in [-0.4, -0.2) is 33.0 Å². The molecule has 0 saturated heterocycles. The Morgan fingerprint density at radius 1 is 1.30 bits per heavy atom. The van der Waals surface area contributed by atoms with Crippen molar-refractivity contribution in [1.29, 1.82) is 0 Å². The molecule has 3 rings (SSSR count). The molecule has 1 amide bonds. The molecule has 0 aliphatic carbocycles. The van der Waals surface area contributed by atoms with Gasteiger partial charge < -0.3 is 14.2 Å². The summed E-state index contributed by atoms with van der Waals surface area (Å²) in [6, 6.07) is 8.01. The molecule has 5 nitrogen and oxygen atoms in total. The highest BCUT2D eigenvalue weighted by molar-refractivity contribution is 5.78. The topological polar surface area (TPSA) is 47.4 Å². The summed E-state index contributed by atoms with van der Waals surface area (Å²) in [6.45, 7) is 6.48. The zero-order chi connectivity index (χ0) is 16.2. The predicted octanol–water partition coefficient (Wildman–Crippen LogP) is 2.47. The molecule has 0 radical (unpaired) electrons. The van der Waals surface area contributed by atoms with Gasteiger partial charge in [0.15, 0.2) is 0 Å². The highest BCUT2D eigenvalue weighted by Gasteiger charge is 2.26. The average molecular weight is 313 g/mol. The Hall–Kier alpha value is -2.14. The molecule has 2 aromatic rings. The summed E-state index contributed by atoms with van der Waals surface area (Å²) in [4.78, 5) is 18.4. The summed E-state index contributed by atoms with van der Waals surface area (Å²) >= 11 is 0. The van der Waals surface area contributed by atoms with Crippen LogP contribution < -0.4 is 0 Å². The molecule has 5 heteroatoms. The maximum atomic E-state index is 12.5. The average Bonchev–Trinajstić information content (AvgIpc) is 2.91. The molecule has 1 unspecified atom stereocenters. The van der Waals surface area contributed by atoms with Gasteiger partial charge in [0.25, 0.3) is 0 Å². The van der Waals surface area contributed by atoms with Crippen LogP contribution in [0.3, 0.4) is 0 Å². The van der Waals surface area contributed by atoms with Gasteiger partial charge in [0.1, 0.15) is 0 Å². The number of hydrogen-bond donors (Lipinski definition) is 0. The third-order valence-corrected chi connectivity index (χ3v) is 4.14. The smallest absolute Gasteiger partial charge is 0.225 e. The SMILES string of the molecule is CC(C)C(=O)N1Cc2cccn2CC(OCc2ccncc2)C1. The molecule has 1 atom stereocenters. The number of pyridine rings is 1. The maximum Gasteiger partial charge on any atom is 0.225 e. The van der Waals surface area contributed by atoms with E-state index in [9.17, 15) is 4.79 Å². The third kappa shape index (κ3) is 3.79. The van der Waals surface area contributed by atoms with E-state index >= 15 is 0 Å². The summed E-state index contributed by atoms with van der Waals surface area (Å²) in [5.41, 5.74) is 2.26. The van der Waals surface area contributed by atoms with Gasteiger partial charge in [-0.05, 0) is 29.8 Å². The molecule has 23 heavy (non-hydrogen) atoms. The highest BCUT2D eigenvalue weighted by Crippen LogP contribution is 2.18. The molecule has 0 spiro atoms. The molecule has 1 aliphatic heterocycles. The summed E-state index contributed by atoms with van der Waals surface area (Å²) in [7, 11) is 0. The van der Waals surface area contributed by atoms with Crippen molar-refractivity contribution in [2.45, 2.75) is 39.6 Å². The van der Waals surface area contributed by atoms with Crippen LogP contribution >= 0.6 is 0 Å². The van der Waals surface area contributed by atoms with E-state index in [-0.39, 0.29) is 17.9 Å². The fraction of sp³-hybridized carbons (Fsp3) is 0.444. The molecule has 1 aliphatic rings. The van der Waals surface area contributed by atoms with Crippen LogP contribution in [0.15, 0.2) is 42.9 Å². The van der Waals surface area contributed by atoms with Crippen LogP contribution in [0.25, 0.3) is 0 Å². The summed E-state index contributed by atoms with van der Waals surface area (Å²) in [6.07, 6.45) is 5.58. The number of amides is 1. The van der Waals surface area contributed by atoms with Crippen LogP contribution in [0.2, 0.25) is 0 Å². The second-order valence-electron chi connectivity index (χ2n) is 6.31. The highest BCUT2D eigenvalue weighted by atomic mass is 16.5. The first kappa shape index (κ1) is 15.7. The summed E-state index contributed by atoms with van der Waals surface area (Å²) in [5.74, 6) is 0.175. The number of ether oxygens (including phenoxy) is 1. The lowest BCUT2D eigenvalue weighted by molar-refractivity contribution is -0.137. The number of aromatic nitrogens is 2. The van der Waals surface area contributed by atoms with Crippen molar-refractivity contribution < 1.29 is 9.53 Å². The fourth-order valence-electron chi connectivity index (χ4n) is 2.89. The number of hydrogen-bond acceptors (Lipinski definition) is 3. The molecular weight excluding hydrogens is 290 g/mol. The third-order valence-electron chi connectivity index (χ3n) is 4.14. The van der Waals surface area contributed by atoms with Gasteiger partial charge >= 0.3 is 0 Å². The number of carbonyl (C=O) groups excluding carboxylic acids is 1. The van der Waals surface area contributed by atoms with Gasteiger partial charge in [0.05, 0.1) is 25.8 Å². The number of fused-ring (bicyclic) bond motifs is 1. The standard InChI is InChI=1S/C18H23N3O2/c1-14(2)18(22)21-10-16-4-3-9-20(16)11-17(12-21)23-13-15-5-7-19-8-6-15/h3-9,14,17H,10-13H2,1-2H3. The normalized spacial score (nSPS) is 17.9. The molecule has 3 heterocycles. The second kappa shape index (κ2) is 6.96. The molecule has 2 aromatic heterocycles. The Kier molecular flexibility index (Phi) is 4.76. The Morgan fingerprint density at radius 3 is 2.83 bits per heavy atom. The molecule has 122 valence electrons. The minimum Gasteiger partial charge on any atom is -0.370 e. The Balaban J connectivity index is 1.73. The van der Waals surface area contributed by atoms with Gasteiger partial charge in [-0.3, -0.25) is 9.78 Å². The predicted molar refractivity (Wildman–Crippen MR) is 87.5 cm³/mol. The van der Waals surface area contributed by atoms with Crippen molar-refractivity contribution in [3.8, 4) is 0 Å². The lowest BCUT2D eigenvalue weighted by Gasteiger charge is -2.26. The molecular formula is C18H23N3O2. The Bertz CT molecular complexity index is 651. The zero-order valence-corrected chi connectivity index (χ0v) is 13.7. The van der Waals surface area contributed by atoms with Crippen molar-refractivity contribution in [3.05, 3.63) is 54.1 Å². The van der Waals surface area contributed by atoms with Crippen molar-refractivity contribution in [2.24, 2.45) is 5.92 Å².